The zero-order valence-corrected chi connectivity index (χ0v) is 12.6. The van der Waals surface area contributed by atoms with E-state index in [-0.39, 0.29) is 22.8 Å². The van der Waals surface area contributed by atoms with E-state index in [0.29, 0.717) is 12.3 Å². The summed E-state index contributed by atoms with van der Waals surface area (Å²) in [6, 6.07) is 13.3. The van der Waals surface area contributed by atoms with Crippen molar-refractivity contribution in [3.63, 3.8) is 0 Å². The van der Waals surface area contributed by atoms with E-state index in [9.17, 15) is 14.7 Å². The lowest BCUT2D eigenvalue weighted by atomic mass is 10.1. The van der Waals surface area contributed by atoms with E-state index < -0.39 is 5.91 Å². The number of benzene rings is 2. The van der Waals surface area contributed by atoms with E-state index in [0.717, 1.165) is 4.90 Å². The molecular formula is C16H16N2O3S. The maximum atomic E-state index is 12.1. The molecular weight excluding hydrogens is 300 g/mol. The van der Waals surface area contributed by atoms with Crippen LogP contribution in [0.2, 0.25) is 0 Å². The molecule has 0 atom stereocenters. The second-order valence-corrected chi connectivity index (χ2v) is 5.68. The third-order valence-corrected chi connectivity index (χ3v) is 3.94. The minimum atomic E-state index is -0.621. The number of amides is 2. The second kappa shape index (κ2) is 7.51. The predicted molar refractivity (Wildman–Crippen MR) is 86.1 cm³/mol. The van der Waals surface area contributed by atoms with Crippen LogP contribution in [0.25, 0.3) is 0 Å². The lowest BCUT2D eigenvalue weighted by Crippen LogP contribution is -2.28. The molecule has 6 heteroatoms. The molecule has 2 amide bonds. The summed E-state index contributed by atoms with van der Waals surface area (Å²) in [6.45, 7) is 0.456. The van der Waals surface area contributed by atoms with Gasteiger partial charge in [0.25, 0.3) is 5.91 Å². The summed E-state index contributed by atoms with van der Waals surface area (Å²) in [7, 11) is 0. The number of aromatic hydroxyl groups is 1. The summed E-state index contributed by atoms with van der Waals surface area (Å²) in [6.07, 6.45) is 0. The molecule has 0 saturated heterocycles. The van der Waals surface area contributed by atoms with Gasteiger partial charge < -0.3 is 16.2 Å². The van der Waals surface area contributed by atoms with Gasteiger partial charge in [0, 0.05) is 17.2 Å². The van der Waals surface area contributed by atoms with Crippen LogP contribution in [0.3, 0.4) is 0 Å². The fraction of sp³-hybridized carbons (Fsp3) is 0.125. The number of nitrogens with two attached hydrogens (primary N) is 1. The molecule has 0 aromatic heterocycles. The van der Waals surface area contributed by atoms with E-state index >= 15 is 0 Å². The molecule has 0 spiro atoms. The van der Waals surface area contributed by atoms with Crippen LogP contribution in [0.1, 0.15) is 20.7 Å². The van der Waals surface area contributed by atoms with Gasteiger partial charge >= 0.3 is 0 Å². The number of nitrogens with one attached hydrogen (secondary N) is 1. The van der Waals surface area contributed by atoms with E-state index in [1.807, 2.05) is 12.1 Å². The number of hydrogen-bond donors (Lipinski definition) is 3. The fourth-order valence-electron chi connectivity index (χ4n) is 1.87. The highest BCUT2D eigenvalue weighted by Crippen LogP contribution is 2.20. The van der Waals surface area contributed by atoms with Crippen molar-refractivity contribution in [1.82, 2.24) is 5.32 Å². The first-order chi connectivity index (χ1) is 10.6. The van der Waals surface area contributed by atoms with Gasteiger partial charge in [0.05, 0.1) is 11.1 Å². The highest BCUT2D eigenvalue weighted by molar-refractivity contribution is 7.99. The number of carbonyl (C=O) groups excluding carboxylic acids is 2. The van der Waals surface area contributed by atoms with Crippen LogP contribution in [0.5, 0.6) is 5.75 Å². The second-order valence-electron chi connectivity index (χ2n) is 4.51. The molecule has 0 unspecified atom stereocenters. The topological polar surface area (TPSA) is 92.4 Å². The predicted octanol–water partition coefficient (Wildman–Crippen LogP) is 2.01. The van der Waals surface area contributed by atoms with E-state index in [1.165, 1.54) is 6.07 Å². The average molecular weight is 316 g/mol. The van der Waals surface area contributed by atoms with Crippen molar-refractivity contribution in [2.45, 2.75) is 4.90 Å². The van der Waals surface area contributed by atoms with Gasteiger partial charge in [0.1, 0.15) is 5.75 Å². The molecule has 0 radical (unpaired) electrons. The van der Waals surface area contributed by atoms with Crippen molar-refractivity contribution < 1.29 is 14.7 Å². The Kier molecular flexibility index (Phi) is 5.43. The van der Waals surface area contributed by atoms with Crippen LogP contribution >= 0.6 is 11.8 Å². The number of carbonyl (C=O) groups is 2. The molecule has 22 heavy (non-hydrogen) atoms. The monoisotopic (exact) mass is 316 g/mol. The molecule has 2 aromatic rings. The number of rotatable bonds is 6. The molecule has 114 valence electrons. The molecule has 0 aliphatic heterocycles. The molecule has 5 nitrogen and oxygen atoms in total. The molecule has 0 fully saturated rings. The lowest BCUT2D eigenvalue weighted by Gasteiger charge is -2.08. The summed E-state index contributed by atoms with van der Waals surface area (Å²) in [4.78, 5) is 24.4. The fourth-order valence-corrected chi connectivity index (χ4v) is 2.64. The van der Waals surface area contributed by atoms with Gasteiger partial charge in [0.15, 0.2) is 0 Å². The van der Waals surface area contributed by atoms with Gasteiger partial charge in [0.2, 0.25) is 5.91 Å². The van der Waals surface area contributed by atoms with Crippen molar-refractivity contribution in [2.75, 3.05) is 12.3 Å². The number of phenolic OH excluding ortho intramolecular Hbond substituents is 1. The molecule has 0 bridgehead atoms. The van der Waals surface area contributed by atoms with E-state index in [4.69, 9.17) is 5.73 Å². The minimum Gasteiger partial charge on any atom is -0.508 e. The van der Waals surface area contributed by atoms with Crippen LogP contribution in [-0.2, 0) is 0 Å². The Morgan fingerprint density at radius 1 is 1.05 bits per heavy atom. The van der Waals surface area contributed by atoms with Crippen molar-refractivity contribution in [2.24, 2.45) is 5.73 Å². The van der Waals surface area contributed by atoms with Crippen molar-refractivity contribution in [3.8, 4) is 5.75 Å². The summed E-state index contributed by atoms with van der Waals surface area (Å²) in [5.74, 6) is -0.0412. The number of hydrogen-bond acceptors (Lipinski definition) is 4. The normalized spacial score (nSPS) is 10.2. The minimum absolute atomic E-state index is 0.214. The molecule has 0 aliphatic rings. The number of primary amides is 1. The first kappa shape index (κ1) is 15.9. The SMILES string of the molecule is NC(=O)c1ccccc1C(=O)NCCSc1ccc(O)cc1. The van der Waals surface area contributed by atoms with Gasteiger partial charge in [-0.15, -0.1) is 11.8 Å². The third kappa shape index (κ3) is 4.26. The van der Waals surface area contributed by atoms with Gasteiger partial charge in [-0.3, -0.25) is 9.59 Å². The largest absolute Gasteiger partial charge is 0.508 e. The Bertz CT molecular complexity index is 671. The highest BCUT2D eigenvalue weighted by atomic mass is 32.2. The number of thioether (sulfide) groups is 1. The van der Waals surface area contributed by atoms with Crippen LogP contribution < -0.4 is 11.1 Å². The molecule has 0 aliphatic carbocycles. The standard InChI is InChI=1S/C16H16N2O3S/c17-15(20)13-3-1-2-4-14(13)16(21)18-9-10-22-12-7-5-11(19)6-8-12/h1-8,19H,9-10H2,(H2,17,20)(H,18,21). The van der Waals surface area contributed by atoms with Crippen LogP contribution in [0, 0.1) is 0 Å². The summed E-state index contributed by atoms with van der Waals surface area (Å²) < 4.78 is 0. The van der Waals surface area contributed by atoms with Crippen LogP contribution in [-0.4, -0.2) is 29.2 Å². The maximum Gasteiger partial charge on any atom is 0.252 e. The molecule has 2 aromatic carbocycles. The van der Waals surface area contributed by atoms with Gasteiger partial charge in [-0.1, -0.05) is 12.1 Å². The van der Waals surface area contributed by atoms with Gasteiger partial charge in [-0.25, -0.2) is 0 Å². The Hall–Kier alpha value is -2.47. The Balaban J connectivity index is 1.86. The van der Waals surface area contributed by atoms with E-state index in [2.05, 4.69) is 5.32 Å². The molecule has 0 saturated carbocycles. The quantitative estimate of drug-likeness (QED) is 0.561. The first-order valence-electron chi connectivity index (χ1n) is 6.67. The van der Waals surface area contributed by atoms with Crippen molar-refractivity contribution in [3.05, 3.63) is 59.7 Å². The Morgan fingerprint density at radius 2 is 1.68 bits per heavy atom. The lowest BCUT2D eigenvalue weighted by molar-refractivity contribution is 0.0938. The highest BCUT2D eigenvalue weighted by Gasteiger charge is 2.13. The maximum absolute atomic E-state index is 12.1. The van der Waals surface area contributed by atoms with Crippen LogP contribution in [0.15, 0.2) is 53.4 Å². The van der Waals surface area contributed by atoms with Gasteiger partial charge in [-0.05, 0) is 36.4 Å². The molecule has 2 rings (SSSR count). The molecule has 4 N–H and O–H groups in total. The zero-order valence-electron chi connectivity index (χ0n) is 11.8. The molecule has 0 heterocycles. The number of phenols is 1. The summed E-state index contributed by atoms with van der Waals surface area (Å²) in [5.41, 5.74) is 5.75. The van der Waals surface area contributed by atoms with Crippen LogP contribution in [0.4, 0.5) is 0 Å². The van der Waals surface area contributed by atoms with Gasteiger partial charge in [-0.2, -0.15) is 0 Å². The third-order valence-electron chi connectivity index (χ3n) is 2.93. The smallest absolute Gasteiger partial charge is 0.252 e. The first-order valence-corrected chi connectivity index (χ1v) is 7.65. The Labute approximate surface area is 132 Å². The zero-order chi connectivity index (χ0) is 15.9. The summed E-state index contributed by atoms with van der Waals surface area (Å²) >= 11 is 1.56. The van der Waals surface area contributed by atoms with E-state index in [1.54, 1.807) is 42.1 Å². The average Bonchev–Trinajstić information content (AvgIpc) is 2.53. The van der Waals surface area contributed by atoms with Crippen molar-refractivity contribution >= 4 is 23.6 Å². The Morgan fingerprint density at radius 3 is 2.32 bits per heavy atom. The summed E-state index contributed by atoms with van der Waals surface area (Å²) in [5, 5.41) is 12.0. The van der Waals surface area contributed by atoms with Crippen molar-refractivity contribution in [1.29, 1.82) is 0 Å².